The number of benzene rings is 1. The van der Waals surface area contributed by atoms with Gasteiger partial charge in [-0.2, -0.15) is 0 Å². The summed E-state index contributed by atoms with van der Waals surface area (Å²) in [5.41, 5.74) is 3.34. The zero-order valence-corrected chi connectivity index (χ0v) is 12.3. The molecule has 0 saturated heterocycles. The molecule has 1 aromatic heterocycles. The van der Waals surface area contributed by atoms with Gasteiger partial charge in [-0.05, 0) is 40.5 Å². The van der Waals surface area contributed by atoms with E-state index in [-0.39, 0.29) is 0 Å². The number of aryl methyl sites for hydroxylation is 1. The molecule has 3 nitrogen and oxygen atoms in total. The minimum Gasteiger partial charge on any atom is -0.383 e. The lowest BCUT2D eigenvalue weighted by Crippen LogP contribution is -2.18. The molecule has 18 heavy (non-hydrogen) atoms. The third-order valence-electron chi connectivity index (χ3n) is 2.80. The van der Waals surface area contributed by atoms with Crippen LogP contribution in [0, 0.1) is 6.92 Å². The van der Waals surface area contributed by atoms with E-state index in [2.05, 4.69) is 38.4 Å². The molecule has 0 unspecified atom stereocenters. The van der Waals surface area contributed by atoms with Gasteiger partial charge in [0.2, 0.25) is 0 Å². The fraction of sp³-hybridized carbons (Fsp3) is 0.357. The van der Waals surface area contributed by atoms with Crippen molar-refractivity contribution in [2.45, 2.75) is 13.5 Å². The number of para-hydroxylation sites is 1. The average Bonchev–Trinajstić information content (AvgIpc) is 2.36. The average molecular weight is 309 g/mol. The summed E-state index contributed by atoms with van der Waals surface area (Å²) in [6, 6.07) is 8.31. The molecule has 0 spiro atoms. The number of ether oxygens (including phenoxy) is 1. The molecule has 1 N–H and O–H groups in total. The molecule has 0 fully saturated rings. The van der Waals surface area contributed by atoms with Crippen LogP contribution in [0.15, 0.2) is 28.7 Å². The third kappa shape index (κ3) is 3.07. The van der Waals surface area contributed by atoms with Crippen molar-refractivity contribution < 1.29 is 4.74 Å². The minimum atomic E-state index is 0.728. The molecule has 96 valence electrons. The van der Waals surface area contributed by atoms with E-state index < -0.39 is 0 Å². The van der Waals surface area contributed by atoms with Crippen LogP contribution in [0.5, 0.6) is 0 Å². The summed E-state index contributed by atoms with van der Waals surface area (Å²) >= 11 is 3.56. The Hall–Kier alpha value is -0.970. The van der Waals surface area contributed by atoms with Crippen molar-refractivity contribution in [1.29, 1.82) is 0 Å². The first-order valence-electron chi connectivity index (χ1n) is 5.97. The first kappa shape index (κ1) is 13.5. The lowest BCUT2D eigenvalue weighted by Gasteiger charge is -2.10. The fourth-order valence-corrected chi connectivity index (χ4v) is 2.43. The van der Waals surface area contributed by atoms with Crippen LogP contribution in [0.2, 0.25) is 0 Å². The number of rotatable bonds is 5. The van der Waals surface area contributed by atoms with Crippen LogP contribution in [0.1, 0.15) is 11.3 Å². The van der Waals surface area contributed by atoms with Gasteiger partial charge in [-0.25, -0.2) is 0 Å². The minimum absolute atomic E-state index is 0.728. The Balaban J connectivity index is 2.29. The molecule has 1 heterocycles. The van der Waals surface area contributed by atoms with Crippen molar-refractivity contribution in [3.8, 4) is 0 Å². The van der Waals surface area contributed by atoms with E-state index in [0.29, 0.717) is 0 Å². The molecule has 0 aliphatic heterocycles. The van der Waals surface area contributed by atoms with Crippen molar-refractivity contribution in [1.82, 2.24) is 10.3 Å². The quantitative estimate of drug-likeness (QED) is 0.862. The molecule has 0 amide bonds. The number of pyridine rings is 1. The van der Waals surface area contributed by atoms with E-state index in [9.17, 15) is 0 Å². The Bertz CT molecular complexity index is 543. The lowest BCUT2D eigenvalue weighted by atomic mass is 10.1. The van der Waals surface area contributed by atoms with Gasteiger partial charge in [0.1, 0.15) is 0 Å². The molecule has 0 bridgehead atoms. The Morgan fingerprint density at radius 2 is 2.22 bits per heavy atom. The van der Waals surface area contributed by atoms with E-state index >= 15 is 0 Å². The molecule has 0 atom stereocenters. The molecule has 2 aromatic rings. The number of hydrogen-bond acceptors (Lipinski definition) is 3. The van der Waals surface area contributed by atoms with E-state index in [1.54, 1.807) is 7.11 Å². The van der Waals surface area contributed by atoms with Crippen molar-refractivity contribution >= 4 is 26.8 Å². The van der Waals surface area contributed by atoms with Crippen LogP contribution < -0.4 is 5.32 Å². The number of methoxy groups -OCH3 is 1. The van der Waals surface area contributed by atoms with Crippen LogP contribution in [0.25, 0.3) is 10.9 Å². The molecular formula is C14H17BrN2O. The largest absolute Gasteiger partial charge is 0.383 e. The van der Waals surface area contributed by atoms with Gasteiger partial charge >= 0.3 is 0 Å². The smallest absolute Gasteiger partial charge is 0.0850 e. The van der Waals surface area contributed by atoms with Crippen LogP contribution in [-0.2, 0) is 11.3 Å². The molecular weight excluding hydrogens is 292 g/mol. The van der Waals surface area contributed by atoms with Crippen LogP contribution in [-0.4, -0.2) is 25.2 Å². The van der Waals surface area contributed by atoms with Gasteiger partial charge in [0.25, 0.3) is 0 Å². The summed E-state index contributed by atoms with van der Waals surface area (Å²) in [4.78, 5) is 4.58. The van der Waals surface area contributed by atoms with E-state index in [1.165, 1.54) is 10.9 Å². The number of aromatic nitrogens is 1. The number of hydrogen-bond donors (Lipinski definition) is 1. The summed E-state index contributed by atoms with van der Waals surface area (Å²) in [6.07, 6.45) is 0. The van der Waals surface area contributed by atoms with Gasteiger partial charge in [-0.15, -0.1) is 0 Å². The number of nitrogens with one attached hydrogen (secondary N) is 1. The first-order chi connectivity index (χ1) is 8.72. The highest BCUT2D eigenvalue weighted by Gasteiger charge is 2.06. The third-order valence-corrected chi connectivity index (χ3v) is 3.44. The maximum atomic E-state index is 5.03. The highest BCUT2D eigenvalue weighted by molar-refractivity contribution is 9.10. The van der Waals surface area contributed by atoms with Crippen LogP contribution in [0.3, 0.4) is 0 Å². The molecule has 0 aliphatic rings. The summed E-state index contributed by atoms with van der Waals surface area (Å²) in [5, 5.41) is 4.57. The summed E-state index contributed by atoms with van der Waals surface area (Å²) in [7, 11) is 1.71. The van der Waals surface area contributed by atoms with Crippen LogP contribution in [0.4, 0.5) is 0 Å². The highest BCUT2D eigenvalue weighted by atomic mass is 79.9. The maximum absolute atomic E-state index is 5.03. The maximum Gasteiger partial charge on any atom is 0.0850 e. The fourth-order valence-electron chi connectivity index (χ4n) is 1.97. The SMILES string of the molecule is COCCNCc1cc(C)nc2c(Br)cccc12. The van der Waals surface area contributed by atoms with Crippen LogP contribution >= 0.6 is 15.9 Å². The molecule has 0 saturated carbocycles. The van der Waals surface area contributed by atoms with Gasteiger partial charge < -0.3 is 10.1 Å². The highest BCUT2D eigenvalue weighted by Crippen LogP contribution is 2.25. The van der Waals surface area contributed by atoms with Crippen molar-refractivity contribution in [2.24, 2.45) is 0 Å². The normalized spacial score (nSPS) is 11.1. The Labute approximate surface area is 116 Å². The Morgan fingerprint density at radius 1 is 1.39 bits per heavy atom. The molecule has 4 heteroatoms. The second-order valence-electron chi connectivity index (χ2n) is 4.23. The Morgan fingerprint density at radius 3 is 3.00 bits per heavy atom. The molecule has 0 radical (unpaired) electrons. The topological polar surface area (TPSA) is 34.1 Å². The van der Waals surface area contributed by atoms with Gasteiger partial charge in [-0.1, -0.05) is 12.1 Å². The first-order valence-corrected chi connectivity index (χ1v) is 6.76. The zero-order chi connectivity index (χ0) is 13.0. The number of halogens is 1. The molecule has 1 aromatic carbocycles. The molecule has 2 rings (SSSR count). The number of fused-ring (bicyclic) bond motifs is 1. The summed E-state index contributed by atoms with van der Waals surface area (Å²) < 4.78 is 6.07. The van der Waals surface area contributed by atoms with Crippen molar-refractivity contribution in [2.75, 3.05) is 20.3 Å². The number of nitrogens with zero attached hydrogens (tertiary/aromatic N) is 1. The monoisotopic (exact) mass is 308 g/mol. The van der Waals surface area contributed by atoms with Gasteiger partial charge in [0, 0.05) is 35.8 Å². The second kappa shape index (κ2) is 6.27. The summed E-state index contributed by atoms with van der Waals surface area (Å²) in [5.74, 6) is 0. The Kier molecular flexibility index (Phi) is 4.69. The predicted molar refractivity (Wildman–Crippen MR) is 77.8 cm³/mol. The standard InChI is InChI=1S/C14H17BrN2O/c1-10-8-11(9-16-6-7-18-2)12-4-3-5-13(15)14(12)17-10/h3-5,8,16H,6-7,9H2,1-2H3. The van der Waals surface area contributed by atoms with Gasteiger partial charge in [0.05, 0.1) is 12.1 Å². The van der Waals surface area contributed by atoms with E-state index in [1.807, 2.05) is 19.1 Å². The lowest BCUT2D eigenvalue weighted by molar-refractivity contribution is 0.199. The van der Waals surface area contributed by atoms with Crippen molar-refractivity contribution in [3.05, 3.63) is 40.0 Å². The van der Waals surface area contributed by atoms with Gasteiger partial charge in [0.15, 0.2) is 0 Å². The molecule has 0 aliphatic carbocycles. The van der Waals surface area contributed by atoms with E-state index in [4.69, 9.17) is 4.74 Å². The van der Waals surface area contributed by atoms with Crippen molar-refractivity contribution in [3.63, 3.8) is 0 Å². The predicted octanol–water partition coefficient (Wildman–Crippen LogP) is 3.04. The van der Waals surface area contributed by atoms with Gasteiger partial charge in [-0.3, -0.25) is 4.98 Å². The second-order valence-corrected chi connectivity index (χ2v) is 5.08. The summed E-state index contributed by atoms with van der Waals surface area (Å²) in [6.45, 7) is 4.44. The zero-order valence-electron chi connectivity index (χ0n) is 10.7. The van der Waals surface area contributed by atoms with E-state index in [0.717, 1.165) is 35.4 Å².